The molecule has 86 valence electrons. The van der Waals surface area contributed by atoms with Gasteiger partial charge in [-0.2, -0.15) is 5.26 Å². The maximum Gasteiger partial charge on any atom is 0.195 e. The average Bonchev–Trinajstić information content (AvgIpc) is 2.82. The van der Waals surface area contributed by atoms with Crippen LogP contribution in [0.15, 0.2) is 48.5 Å². The summed E-state index contributed by atoms with van der Waals surface area (Å²) in [4.78, 5) is 4.21. The van der Waals surface area contributed by atoms with Crippen molar-refractivity contribution in [3.63, 3.8) is 0 Å². The molecule has 0 unspecified atom stereocenters. The molecule has 2 aromatic carbocycles. The van der Waals surface area contributed by atoms with E-state index in [1.54, 1.807) is 0 Å². The largest absolute Gasteiger partial charge is 0.355 e. The molecular weight excluding hydrogens is 242 g/mol. The van der Waals surface area contributed by atoms with Gasteiger partial charge in [0, 0.05) is 11.4 Å². The number of nitriles is 1. The highest BCUT2D eigenvalue weighted by Gasteiger charge is 2.03. The van der Waals surface area contributed by atoms with Gasteiger partial charge in [-0.1, -0.05) is 18.2 Å². The van der Waals surface area contributed by atoms with Crippen LogP contribution in [0.4, 0.5) is 11.4 Å². The minimum absolute atomic E-state index is 0.502. The maximum atomic E-state index is 8.83. The second-order valence-corrected chi connectivity index (χ2v) is 4.83. The van der Waals surface area contributed by atoms with Crippen LogP contribution in [-0.2, 0) is 0 Å². The van der Waals surface area contributed by atoms with E-state index in [0.29, 0.717) is 5.01 Å². The second kappa shape index (κ2) is 4.47. The molecule has 0 saturated heterocycles. The Morgan fingerprint density at radius 1 is 1.06 bits per heavy atom. The molecule has 0 amide bonds. The van der Waals surface area contributed by atoms with Crippen molar-refractivity contribution in [2.45, 2.75) is 0 Å². The first-order valence-electron chi connectivity index (χ1n) is 5.48. The van der Waals surface area contributed by atoms with E-state index in [4.69, 9.17) is 5.26 Å². The number of hydrogen-bond donors (Lipinski definition) is 1. The minimum Gasteiger partial charge on any atom is -0.355 e. The Labute approximate surface area is 108 Å². The highest BCUT2D eigenvalue weighted by molar-refractivity contribution is 7.19. The van der Waals surface area contributed by atoms with Crippen molar-refractivity contribution >= 4 is 32.9 Å². The van der Waals surface area contributed by atoms with Gasteiger partial charge in [0.15, 0.2) is 5.01 Å². The summed E-state index contributed by atoms with van der Waals surface area (Å²) in [6.45, 7) is 0. The molecule has 0 radical (unpaired) electrons. The monoisotopic (exact) mass is 251 g/mol. The zero-order valence-corrected chi connectivity index (χ0v) is 10.2. The van der Waals surface area contributed by atoms with Gasteiger partial charge in [-0.3, -0.25) is 0 Å². The van der Waals surface area contributed by atoms with Gasteiger partial charge < -0.3 is 5.32 Å². The van der Waals surface area contributed by atoms with Gasteiger partial charge in [-0.15, -0.1) is 11.3 Å². The fourth-order valence-corrected chi connectivity index (χ4v) is 2.54. The predicted molar refractivity (Wildman–Crippen MR) is 74.1 cm³/mol. The Morgan fingerprint density at radius 2 is 1.89 bits per heavy atom. The third-order valence-electron chi connectivity index (χ3n) is 2.55. The fraction of sp³-hybridized carbons (Fsp3) is 0. The zero-order valence-electron chi connectivity index (χ0n) is 9.42. The van der Waals surface area contributed by atoms with Crippen molar-refractivity contribution in [3.8, 4) is 6.07 Å². The molecule has 0 spiro atoms. The van der Waals surface area contributed by atoms with Crippen LogP contribution >= 0.6 is 11.3 Å². The molecular formula is C14H9N3S. The topological polar surface area (TPSA) is 48.7 Å². The number of nitrogens with one attached hydrogen (secondary N) is 1. The first-order chi connectivity index (χ1) is 8.85. The summed E-state index contributed by atoms with van der Waals surface area (Å²) < 4.78 is 1.02. The molecule has 3 aromatic rings. The number of rotatable bonds is 2. The van der Waals surface area contributed by atoms with Crippen LogP contribution in [0, 0.1) is 11.3 Å². The number of thiazole rings is 1. The average molecular weight is 251 g/mol. The summed E-state index contributed by atoms with van der Waals surface area (Å²) in [6.07, 6.45) is 0. The minimum atomic E-state index is 0.502. The Hall–Kier alpha value is -2.38. The fourth-order valence-electron chi connectivity index (χ4n) is 1.74. The summed E-state index contributed by atoms with van der Waals surface area (Å²) in [5, 5.41) is 12.6. The van der Waals surface area contributed by atoms with E-state index in [-0.39, 0.29) is 0 Å². The number of aromatic nitrogens is 1. The summed E-state index contributed by atoms with van der Waals surface area (Å²) in [7, 11) is 0. The lowest BCUT2D eigenvalue weighted by Crippen LogP contribution is -1.88. The van der Waals surface area contributed by atoms with Crippen molar-refractivity contribution < 1.29 is 0 Å². The lowest BCUT2D eigenvalue weighted by atomic mass is 10.2. The Kier molecular flexibility index (Phi) is 2.67. The molecule has 1 aromatic heterocycles. The standard InChI is InChI=1S/C14H9N3S/c15-9-14-17-12-7-6-11(8-13(12)18-14)16-10-4-2-1-3-5-10/h1-8,16H. The van der Waals surface area contributed by atoms with Gasteiger partial charge in [0.25, 0.3) is 0 Å². The van der Waals surface area contributed by atoms with E-state index in [0.717, 1.165) is 21.6 Å². The molecule has 1 N–H and O–H groups in total. The van der Waals surface area contributed by atoms with E-state index in [1.165, 1.54) is 11.3 Å². The molecule has 0 fully saturated rings. The van der Waals surface area contributed by atoms with Crippen molar-refractivity contribution in [2.75, 3.05) is 5.32 Å². The van der Waals surface area contributed by atoms with Gasteiger partial charge in [0.2, 0.25) is 0 Å². The number of anilines is 2. The highest BCUT2D eigenvalue weighted by atomic mass is 32.1. The lowest BCUT2D eigenvalue weighted by molar-refractivity contribution is 1.40. The molecule has 0 aliphatic heterocycles. The molecule has 3 rings (SSSR count). The third kappa shape index (κ3) is 2.04. The van der Waals surface area contributed by atoms with E-state index in [2.05, 4.69) is 16.4 Å². The van der Waals surface area contributed by atoms with Crippen LogP contribution in [0.1, 0.15) is 5.01 Å². The van der Waals surface area contributed by atoms with E-state index in [1.807, 2.05) is 48.5 Å². The predicted octanol–water partition coefficient (Wildman–Crippen LogP) is 3.91. The molecule has 0 aliphatic carbocycles. The molecule has 18 heavy (non-hydrogen) atoms. The summed E-state index contributed by atoms with van der Waals surface area (Å²) in [5.41, 5.74) is 2.92. The number of hydrogen-bond acceptors (Lipinski definition) is 4. The molecule has 0 bridgehead atoms. The summed E-state index contributed by atoms with van der Waals surface area (Å²) in [6, 6.07) is 18.0. The van der Waals surface area contributed by atoms with Crippen molar-refractivity contribution in [1.82, 2.24) is 4.98 Å². The molecule has 0 aliphatic rings. The van der Waals surface area contributed by atoms with Gasteiger partial charge in [0.05, 0.1) is 10.2 Å². The van der Waals surface area contributed by atoms with Crippen LogP contribution < -0.4 is 5.32 Å². The van der Waals surface area contributed by atoms with Crippen molar-refractivity contribution in [1.29, 1.82) is 5.26 Å². The van der Waals surface area contributed by atoms with Crippen molar-refractivity contribution in [3.05, 3.63) is 53.5 Å². The Bertz CT molecular complexity index is 726. The molecule has 1 heterocycles. The van der Waals surface area contributed by atoms with Gasteiger partial charge in [0.1, 0.15) is 6.07 Å². The SMILES string of the molecule is N#Cc1nc2ccc(Nc3ccccc3)cc2s1. The van der Waals surface area contributed by atoms with E-state index < -0.39 is 0 Å². The van der Waals surface area contributed by atoms with Gasteiger partial charge >= 0.3 is 0 Å². The molecule has 0 saturated carbocycles. The van der Waals surface area contributed by atoms with E-state index in [9.17, 15) is 0 Å². The van der Waals surface area contributed by atoms with Gasteiger partial charge in [-0.25, -0.2) is 4.98 Å². The van der Waals surface area contributed by atoms with Crippen molar-refractivity contribution in [2.24, 2.45) is 0 Å². The van der Waals surface area contributed by atoms with Crippen LogP contribution in [0.25, 0.3) is 10.2 Å². The molecule has 4 heteroatoms. The third-order valence-corrected chi connectivity index (χ3v) is 3.47. The molecule has 3 nitrogen and oxygen atoms in total. The Morgan fingerprint density at radius 3 is 2.67 bits per heavy atom. The first kappa shape index (κ1) is 10.8. The van der Waals surface area contributed by atoms with Crippen LogP contribution in [-0.4, -0.2) is 4.98 Å². The number of para-hydroxylation sites is 1. The normalized spacial score (nSPS) is 10.2. The van der Waals surface area contributed by atoms with Crippen LogP contribution in [0.5, 0.6) is 0 Å². The zero-order chi connectivity index (χ0) is 12.4. The maximum absolute atomic E-state index is 8.83. The number of nitrogens with zero attached hydrogens (tertiary/aromatic N) is 2. The smallest absolute Gasteiger partial charge is 0.195 e. The van der Waals surface area contributed by atoms with Crippen LogP contribution in [0.2, 0.25) is 0 Å². The van der Waals surface area contributed by atoms with Gasteiger partial charge in [-0.05, 0) is 30.3 Å². The Balaban J connectivity index is 1.96. The number of fused-ring (bicyclic) bond motifs is 1. The molecule has 0 atom stereocenters. The number of benzene rings is 2. The summed E-state index contributed by atoms with van der Waals surface area (Å²) >= 11 is 1.41. The quantitative estimate of drug-likeness (QED) is 0.751. The second-order valence-electron chi connectivity index (χ2n) is 3.80. The van der Waals surface area contributed by atoms with Crippen LogP contribution in [0.3, 0.4) is 0 Å². The summed E-state index contributed by atoms with van der Waals surface area (Å²) in [5.74, 6) is 0. The van der Waals surface area contributed by atoms with E-state index >= 15 is 0 Å². The first-order valence-corrected chi connectivity index (χ1v) is 6.29. The lowest BCUT2D eigenvalue weighted by Gasteiger charge is -2.05. The highest BCUT2D eigenvalue weighted by Crippen LogP contribution is 2.26.